The lowest BCUT2D eigenvalue weighted by Gasteiger charge is -2.10. The maximum Gasteiger partial charge on any atom is 0.219 e. The van der Waals surface area contributed by atoms with E-state index >= 15 is 0 Å². The van der Waals surface area contributed by atoms with Crippen LogP contribution in [-0.2, 0) is 6.61 Å². The van der Waals surface area contributed by atoms with E-state index in [1.807, 2.05) is 6.07 Å². The first-order chi connectivity index (χ1) is 10.2. The maximum absolute atomic E-state index is 13.3. The highest BCUT2D eigenvalue weighted by molar-refractivity contribution is 6.19. The van der Waals surface area contributed by atoms with E-state index in [0.29, 0.717) is 17.2 Å². The van der Waals surface area contributed by atoms with Crippen LogP contribution in [0.2, 0.25) is 0 Å². The molecule has 0 aliphatic heterocycles. The van der Waals surface area contributed by atoms with Crippen molar-refractivity contribution in [2.45, 2.75) is 6.61 Å². The first kappa shape index (κ1) is 15.1. The highest BCUT2D eigenvalue weighted by atomic mass is 35.5. The summed E-state index contributed by atoms with van der Waals surface area (Å²) >= 11 is 5.53. The molecule has 0 saturated carbocycles. The Morgan fingerprint density at radius 3 is 2.95 bits per heavy atom. The van der Waals surface area contributed by atoms with Gasteiger partial charge in [0.25, 0.3) is 0 Å². The van der Waals surface area contributed by atoms with Crippen molar-refractivity contribution in [3.8, 4) is 23.5 Å². The zero-order valence-corrected chi connectivity index (χ0v) is 12.2. The summed E-state index contributed by atoms with van der Waals surface area (Å²) in [6.07, 6.45) is 1.63. The van der Waals surface area contributed by atoms with Gasteiger partial charge in [-0.05, 0) is 24.3 Å². The largest absolute Gasteiger partial charge is 0.487 e. The second-order valence-electron chi connectivity index (χ2n) is 4.04. The molecule has 1 heterocycles. The van der Waals surface area contributed by atoms with Gasteiger partial charge in [-0.25, -0.2) is 9.37 Å². The smallest absolute Gasteiger partial charge is 0.219 e. The standard InChI is InChI=1S/C16H13ClFNO2/c1-20-16-13(5-3-9-19-16)11-21-15-10-14(18)7-6-12(15)4-2-8-17/h3,5-7,9-10H,8,11H2,1H3. The minimum Gasteiger partial charge on any atom is -0.487 e. The zero-order chi connectivity index (χ0) is 15.1. The van der Waals surface area contributed by atoms with Gasteiger partial charge in [-0.1, -0.05) is 11.8 Å². The summed E-state index contributed by atoms with van der Waals surface area (Å²) in [6.45, 7) is 0.204. The molecule has 108 valence electrons. The topological polar surface area (TPSA) is 31.4 Å². The number of nitrogens with zero attached hydrogens (tertiary/aromatic N) is 1. The van der Waals surface area contributed by atoms with Crippen molar-refractivity contribution in [1.29, 1.82) is 0 Å². The Hall–Kier alpha value is -2.25. The minimum atomic E-state index is -0.389. The van der Waals surface area contributed by atoms with Crippen molar-refractivity contribution >= 4 is 11.6 Å². The second-order valence-corrected chi connectivity index (χ2v) is 4.30. The first-order valence-electron chi connectivity index (χ1n) is 6.19. The molecule has 5 heteroatoms. The summed E-state index contributed by atoms with van der Waals surface area (Å²) in [5.74, 6) is 6.20. The van der Waals surface area contributed by atoms with Gasteiger partial charge in [0.05, 0.1) is 24.1 Å². The summed E-state index contributed by atoms with van der Waals surface area (Å²) in [5, 5.41) is 0. The predicted octanol–water partition coefficient (Wildman–Crippen LogP) is 3.40. The van der Waals surface area contributed by atoms with E-state index in [-0.39, 0.29) is 18.3 Å². The van der Waals surface area contributed by atoms with Crippen LogP contribution in [0.1, 0.15) is 11.1 Å². The molecule has 0 aliphatic rings. The fourth-order valence-corrected chi connectivity index (χ4v) is 1.79. The van der Waals surface area contributed by atoms with E-state index in [2.05, 4.69) is 16.8 Å². The molecule has 0 amide bonds. The summed E-state index contributed by atoms with van der Waals surface area (Å²) in [5.41, 5.74) is 1.35. The molecular formula is C16H13ClFNO2. The summed E-state index contributed by atoms with van der Waals surface area (Å²) < 4.78 is 24.1. The van der Waals surface area contributed by atoms with Crippen LogP contribution in [0.15, 0.2) is 36.5 Å². The third-order valence-corrected chi connectivity index (χ3v) is 2.79. The molecule has 2 rings (SSSR count). The van der Waals surface area contributed by atoms with Gasteiger partial charge in [-0.3, -0.25) is 0 Å². The Morgan fingerprint density at radius 1 is 1.33 bits per heavy atom. The third kappa shape index (κ3) is 4.11. The Morgan fingerprint density at radius 2 is 2.19 bits per heavy atom. The number of methoxy groups -OCH3 is 1. The Bertz CT molecular complexity index is 679. The van der Waals surface area contributed by atoms with Crippen LogP contribution in [0.4, 0.5) is 4.39 Å². The summed E-state index contributed by atoms with van der Waals surface area (Å²) in [6, 6.07) is 7.79. The maximum atomic E-state index is 13.3. The minimum absolute atomic E-state index is 0.202. The van der Waals surface area contributed by atoms with Crippen molar-refractivity contribution in [2.75, 3.05) is 13.0 Å². The number of ether oxygens (including phenoxy) is 2. The van der Waals surface area contributed by atoms with E-state index in [0.717, 1.165) is 5.56 Å². The predicted molar refractivity (Wildman–Crippen MR) is 79.1 cm³/mol. The van der Waals surface area contributed by atoms with Crippen LogP contribution in [-0.4, -0.2) is 18.0 Å². The number of aromatic nitrogens is 1. The number of hydrogen-bond acceptors (Lipinski definition) is 3. The molecule has 0 radical (unpaired) electrons. The summed E-state index contributed by atoms with van der Waals surface area (Å²) in [4.78, 5) is 4.08. The molecule has 0 fully saturated rings. The van der Waals surface area contributed by atoms with E-state index in [9.17, 15) is 4.39 Å². The lowest BCUT2D eigenvalue weighted by Crippen LogP contribution is -2.01. The molecule has 1 aromatic heterocycles. The molecule has 0 atom stereocenters. The second kappa shape index (κ2) is 7.51. The number of hydrogen-bond donors (Lipinski definition) is 0. The molecule has 1 aromatic carbocycles. The molecule has 0 saturated heterocycles. The van der Waals surface area contributed by atoms with Crippen LogP contribution >= 0.6 is 11.6 Å². The van der Waals surface area contributed by atoms with Gasteiger partial charge in [0.1, 0.15) is 18.2 Å². The van der Waals surface area contributed by atoms with Gasteiger partial charge in [0.2, 0.25) is 5.88 Å². The quantitative estimate of drug-likeness (QED) is 0.641. The molecular weight excluding hydrogens is 293 g/mol. The van der Waals surface area contributed by atoms with Gasteiger partial charge in [-0.2, -0.15) is 0 Å². The molecule has 0 spiro atoms. The van der Waals surface area contributed by atoms with Gasteiger partial charge in [-0.15, -0.1) is 11.6 Å². The number of pyridine rings is 1. The fourth-order valence-electron chi connectivity index (χ4n) is 1.72. The Kier molecular flexibility index (Phi) is 5.42. The number of benzene rings is 1. The highest BCUT2D eigenvalue weighted by Gasteiger charge is 2.07. The highest BCUT2D eigenvalue weighted by Crippen LogP contribution is 2.22. The van der Waals surface area contributed by atoms with E-state index in [1.54, 1.807) is 18.3 Å². The van der Waals surface area contributed by atoms with Crippen LogP contribution in [0.25, 0.3) is 0 Å². The molecule has 0 unspecified atom stereocenters. The van der Waals surface area contributed by atoms with Gasteiger partial charge in [0, 0.05) is 12.3 Å². The molecule has 3 nitrogen and oxygen atoms in total. The van der Waals surface area contributed by atoms with Crippen LogP contribution in [0.3, 0.4) is 0 Å². The lowest BCUT2D eigenvalue weighted by atomic mass is 10.2. The zero-order valence-electron chi connectivity index (χ0n) is 11.4. The van der Waals surface area contributed by atoms with Crippen molar-refractivity contribution in [2.24, 2.45) is 0 Å². The lowest BCUT2D eigenvalue weighted by molar-refractivity contribution is 0.292. The molecule has 21 heavy (non-hydrogen) atoms. The van der Waals surface area contributed by atoms with Crippen LogP contribution in [0, 0.1) is 17.7 Å². The fraction of sp³-hybridized carbons (Fsp3) is 0.188. The van der Waals surface area contributed by atoms with Crippen molar-refractivity contribution in [3.63, 3.8) is 0 Å². The van der Waals surface area contributed by atoms with Crippen LogP contribution < -0.4 is 9.47 Å². The Labute approximate surface area is 127 Å². The van der Waals surface area contributed by atoms with Crippen LogP contribution in [0.5, 0.6) is 11.6 Å². The van der Waals surface area contributed by atoms with Crippen molar-refractivity contribution in [3.05, 3.63) is 53.5 Å². The first-order valence-corrected chi connectivity index (χ1v) is 6.73. The normalized spacial score (nSPS) is 9.67. The van der Waals surface area contributed by atoms with Gasteiger partial charge < -0.3 is 9.47 Å². The third-order valence-electron chi connectivity index (χ3n) is 2.66. The van der Waals surface area contributed by atoms with E-state index in [1.165, 1.54) is 19.2 Å². The van der Waals surface area contributed by atoms with Crippen molar-refractivity contribution < 1.29 is 13.9 Å². The van der Waals surface area contributed by atoms with Crippen molar-refractivity contribution in [1.82, 2.24) is 4.98 Å². The van der Waals surface area contributed by atoms with E-state index < -0.39 is 0 Å². The number of halogens is 2. The van der Waals surface area contributed by atoms with Gasteiger partial charge >= 0.3 is 0 Å². The van der Waals surface area contributed by atoms with Gasteiger partial charge in [0.15, 0.2) is 0 Å². The monoisotopic (exact) mass is 305 g/mol. The SMILES string of the molecule is COc1ncccc1COc1cc(F)ccc1C#CCCl. The molecule has 0 bridgehead atoms. The van der Waals surface area contributed by atoms with E-state index in [4.69, 9.17) is 21.1 Å². The summed E-state index contributed by atoms with van der Waals surface area (Å²) in [7, 11) is 1.53. The Balaban J connectivity index is 2.21. The molecule has 2 aromatic rings. The molecule has 0 aliphatic carbocycles. The molecule has 0 N–H and O–H groups in total. The average molecular weight is 306 g/mol. The number of alkyl halides is 1. The average Bonchev–Trinajstić information content (AvgIpc) is 2.52. The number of rotatable bonds is 4.